The van der Waals surface area contributed by atoms with Crippen LogP contribution in [0.4, 0.5) is 0 Å². The Morgan fingerprint density at radius 3 is 2.90 bits per heavy atom. The Kier molecular flexibility index (Phi) is 6.00. The Labute approximate surface area is 127 Å². The van der Waals surface area contributed by atoms with Crippen molar-refractivity contribution < 1.29 is 4.42 Å². The molecule has 1 N–H and O–H groups in total. The topological polar surface area (TPSA) is 28.4 Å². The fourth-order valence-electron chi connectivity index (χ4n) is 2.29. The van der Waals surface area contributed by atoms with Crippen LogP contribution in [0, 0.1) is 6.92 Å². The van der Waals surface area contributed by atoms with Crippen molar-refractivity contribution in [2.75, 3.05) is 19.1 Å². The van der Waals surface area contributed by atoms with Gasteiger partial charge in [-0.25, -0.2) is 0 Å². The zero-order chi connectivity index (χ0) is 14.5. The van der Waals surface area contributed by atoms with Crippen LogP contribution in [0.15, 0.2) is 10.5 Å². The van der Waals surface area contributed by atoms with Crippen molar-refractivity contribution in [2.24, 2.45) is 0 Å². The molecule has 0 aliphatic heterocycles. The number of aryl methyl sites for hydroxylation is 1. The fraction of sp³-hybridized carbons (Fsp3) is 0.750. The Morgan fingerprint density at radius 2 is 2.25 bits per heavy atom. The summed E-state index contributed by atoms with van der Waals surface area (Å²) in [4.78, 5) is 2.38. The normalized spacial score (nSPS) is 16.9. The molecule has 0 radical (unpaired) electrons. The number of hydrogen-bond acceptors (Lipinski definition) is 4. The van der Waals surface area contributed by atoms with Gasteiger partial charge in [-0.15, -0.1) is 0 Å². The smallest absolute Gasteiger partial charge is 0.118 e. The van der Waals surface area contributed by atoms with Crippen LogP contribution in [0.25, 0.3) is 0 Å². The second-order valence-corrected chi connectivity index (χ2v) is 6.98. The molecule has 1 heterocycles. The van der Waals surface area contributed by atoms with E-state index in [0.717, 1.165) is 30.7 Å². The molecule has 1 aliphatic carbocycles. The molecule has 114 valence electrons. The van der Waals surface area contributed by atoms with Gasteiger partial charge in [0.25, 0.3) is 0 Å². The Hall–Kier alpha value is -0.450. The van der Waals surface area contributed by atoms with Gasteiger partial charge in [0.15, 0.2) is 0 Å². The van der Waals surface area contributed by atoms with Gasteiger partial charge in [0.1, 0.15) is 11.5 Å². The maximum Gasteiger partial charge on any atom is 0.118 e. The van der Waals surface area contributed by atoms with Gasteiger partial charge in [-0.2, -0.15) is 11.8 Å². The molecular weight excluding hydrogens is 268 g/mol. The lowest BCUT2D eigenvalue weighted by Gasteiger charge is -2.23. The summed E-state index contributed by atoms with van der Waals surface area (Å²) < 4.78 is 5.91. The summed E-state index contributed by atoms with van der Waals surface area (Å²) in [6.07, 6.45) is 6.06. The highest BCUT2D eigenvalue weighted by atomic mass is 32.2. The van der Waals surface area contributed by atoms with Gasteiger partial charge in [0, 0.05) is 24.2 Å². The third-order valence-electron chi connectivity index (χ3n) is 4.13. The first-order valence-corrected chi connectivity index (χ1v) is 9.00. The number of nitrogens with one attached hydrogen (secondary N) is 1. The maximum absolute atomic E-state index is 5.91. The Bertz CT molecular complexity index is 415. The van der Waals surface area contributed by atoms with Crippen LogP contribution in [-0.4, -0.2) is 36.0 Å². The van der Waals surface area contributed by atoms with E-state index < -0.39 is 0 Å². The van der Waals surface area contributed by atoms with Gasteiger partial charge in [0.05, 0.1) is 6.54 Å². The molecule has 3 nitrogen and oxygen atoms in total. The summed E-state index contributed by atoms with van der Waals surface area (Å²) in [7, 11) is 2.19. The summed E-state index contributed by atoms with van der Waals surface area (Å²) >= 11 is 1.92. The van der Waals surface area contributed by atoms with Crippen molar-refractivity contribution in [3.05, 3.63) is 23.2 Å². The molecule has 0 spiro atoms. The zero-order valence-corrected chi connectivity index (χ0v) is 14.1. The minimum atomic E-state index is 0.598. The van der Waals surface area contributed by atoms with Crippen LogP contribution in [0.1, 0.15) is 43.3 Å². The zero-order valence-electron chi connectivity index (χ0n) is 13.2. The maximum atomic E-state index is 5.91. The molecule has 1 aromatic rings. The van der Waals surface area contributed by atoms with Crippen molar-refractivity contribution in [1.82, 2.24) is 10.2 Å². The summed E-state index contributed by atoms with van der Waals surface area (Å²) in [6, 6.07) is 3.57. The van der Waals surface area contributed by atoms with E-state index in [2.05, 4.69) is 43.4 Å². The van der Waals surface area contributed by atoms with Crippen molar-refractivity contribution in [3.8, 4) is 0 Å². The van der Waals surface area contributed by atoms with E-state index in [-0.39, 0.29) is 0 Å². The standard InChI is InChI=1S/C16H28N2OS/c1-12(7-8-20-4)18(3)11-16-9-14(13(2)19-16)10-17-15-5-6-15/h9,12,15,17H,5-8,10-11H2,1-4H3. The highest BCUT2D eigenvalue weighted by Gasteiger charge is 2.21. The first kappa shape index (κ1) is 15.9. The van der Waals surface area contributed by atoms with Crippen molar-refractivity contribution in [2.45, 2.75) is 58.3 Å². The van der Waals surface area contributed by atoms with Crippen LogP contribution < -0.4 is 5.32 Å². The number of furan rings is 1. The van der Waals surface area contributed by atoms with Gasteiger partial charge < -0.3 is 9.73 Å². The van der Waals surface area contributed by atoms with Crippen LogP contribution in [0.3, 0.4) is 0 Å². The summed E-state index contributed by atoms with van der Waals surface area (Å²) in [5, 5.41) is 3.55. The third kappa shape index (κ3) is 4.83. The molecule has 0 aromatic carbocycles. The monoisotopic (exact) mass is 296 g/mol. The largest absolute Gasteiger partial charge is 0.465 e. The highest BCUT2D eigenvalue weighted by Crippen LogP contribution is 2.22. The Morgan fingerprint density at radius 1 is 1.50 bits per heavy atom. The van der Waals surface area contributed by atoms with E-state index in [1.165, 1.54) is 30.6 Å². The number of thioether (sulfide) groups is 1. The average molecular weight is 296 g/mol. The van der Waals surface area contributed by atoms with Crippen molar-refractivity contribution in [3.63, 3.8) is 0 Å². The van der Waals surface area contributed by atoms with Crippen LogP contribution in [-0.2, 0) is 13.1 Å². The number of rotatable bonds is 9. The van der Waals surface area contributed by atoms with E-state index in [1.807, 2.05) is 11.8 Å². The third-order valence-corrected chi connectivity index (χ3v) is 4.77. The van der Waals surface area contributed by atoms with Crippen LogP contribution >= 0.6 is 11.8 Å². The quantitative estimate of drug-likeness (QED) is 0.756. The summed E-state index contributed by atoms with van der Waals surface area (Å²) in [6.45, 7) is 6.22. The van der Waals surface area contributed by atoms with Gasteiger partial charge in [0.2, 0.25) is 0 Å². The molecule has 0 bridgehead atoms. The molecule has 2 rings (SSSR count). The molecule has 20 heavy (non-hydrogen) atoms. The first-order chi connectivity index (χ1) is 9.60. The predicted octanol–water partition coefficient (Wildman–Crippen LogP) is 3.41. The van der Waals surface area contributed by atoms with Gasteiger partial charge in [-0.1, -0.05) is 0 Å². The lowest BCUT2D eigenvalue weighted by Crippen LogP contribution is -2.28. The minimum absolute atomic E-state index is 0.598. The summed E-state index contributed by atoms with van der Waals surface area (Å²) in [5.41, 5.74) is 1.32. The molecule has 1 fully saturated rings. The molecule has 1 unspecified atom stereocenters. The second kappa shape index (κ2) is 7.53. The molecule has 1 saturated carbocycles. The van der Waals surface area contributed by atoms with Gasteiger partial charge >= 0.3 is 0 Å². The fourth-order valence-corrected chi connectivity index (χ4v) is 2.87. The van der Waals surface area contributed by atoms with Crippen LogP contribution in [0.5, 0.6) is 0 Å². The van der Waals surface area contributed by atoms with Gasteiger partial charge in [-0.05, 0) is 58.2 Å². The number of hydrogen-bond donors (Lipinski definition) is 1. The van der Waals surface area contributed by atoms with Gasteiger partial charge in [-0.3, -0.25) is 4.90 Å². The Balaban J connectivity index is 1.83. The molecule has 0 amide bonds. The lowest BCUT2D eigenvalue weighted by atomic mass is 10.2. The lowest BCUT2D eigenvalue weighted by molar-refractivity contribution is 0.225. The average Bonchev–Trinajstić information content (AvgIpc) is 3.18. The molecule has 1 aliphatic rings. The summed E-state index contributed by atoms with van der Waals surface area (Å²) in [5.74, 6) is 3.38. The SMILES string of the molecule is CSCCC(C)N(C)Cc1cc(CNC2CC2)c(C)o1. The van der Waals surface area contributed by atoms with E-state index in [4.69, 9.17) is 4.42 Å². The van der Waals surface area contributed by atoms with Crippen molar-refractivity contribution in [1.29, 1.82) is 0 Å². The van der Waals surface area contributed by atoms with E-state index in [1.54, 1.807) is 0 Å². The first-order valence-electron chi connectivity index (χ1n) is 7.61. The second-order valence-electron chi connectivity index (χ2n) is 5.99. The predicted molar refractivity (Wildman–Crippen MR) is 87.2 cm³/mol. The van der Waals surface area contributed by atoms with Crippen LogP contribution in [0.2, 0.25) is 0 Å². The molecule has 1 aromatic heterocycles. The van der Waals surface area contributed by atoms with E-state index in [9.17, 15) is 0 Å². The van der Waals surface area contributed by atoms with Crippen molar-refractivity contribution >= 4 is 11.8 Å². The minimum Gasteiger partial charge on any atom is -0.465 e. The molecule has 1 atom stereocenters. The highest BCUT2D eigenvalue weighted by molar-refractivity contribution is 7.98. The van der Waals surface area contributed by atoms with E-state index in [0.29, 0.717) is 6.04 Å². The molecule has 0 saturated heterocycles. The molecular formula is C16H28N2OS. The molecule has 4 heteroatoms. The van der Waals surface area contributed by atoms with E-state index >= 15 is 0 Å². The number of nitrogens with zero attached hydrogens (tertiary/aromatic N) is 1.